The van der Waals surface area contributed by atoms with Gasteiger partial charge in [-0.3, -0.25) is 4.98 Å². The summed E-state index contributed by atoms with van der Waals surface area (Å²) < 4.78 is 16.0. The molecule has 0 N–H and O–H groups in total. The minimum atomic E-state index is 0.262. The van der Waals surface area contributed by atoms with Crippen molar-refractivity contribution in [3.63, 3.8) is 0 Å². The average molecular weight is 269 g/mol. The predicted molar refractivity (Wildman–Crippen MR) is 76.2 cm³/mol. The molecule has 1 aromatic heterocycles. The van der Waals surface area contributed by atoms with Crippen molar-refractivity contribution in [1.82, 2.24) is 4.98 Å². The molecule has 0 bridgehead atoms. The van der Waals surface area contributed by atoms with Crippen molar-refractivity contribution < 1.29 is 14.2 Å². The van der Waals surface area contributed by atoms with Crippen LogP contribution in [0.1, 0.15) is 5.56 Å². The van der Waals surface area contributed by atoms with E-state index in [-0.39, 0.29) is 6.61 Å². The Hall–Kier alpha value is -2.67. The minimum absolute atomic E-state index is 0.262. The van der Waals surface area contributed by atoms with Crippen molar-refractivity contribution in [2.24, 2.45) is 0 Å². The molecule has 0 saturated heterocycles. The maximum atomic E-state index is 5.59. The van der Waals surface area contributed by atoms with Crippen LogP contribution in [0, 0.1) is 11.8 Å². The van der Waals surface area contributed by atoms with E-state index in [1.807, 2.05) is 18.2 Å². The van der Waals surface area contributed by atoms with E-state index in [0.29, 0.717) is 17.2 Å². The molecule has 102 valence electrons. The van der Waals surface area contributed by atoms with Crippen LogP contribution >= 0.6 is 0 Å². The quantitative estimate of drug-likeness (QED) is 0.800. The zero-order valence-electron chi connectivity index (χ0n) is 11.4. The Bertz CT molecular complexity index is 615. The number of benzene rings is 1. The lowest BCUT2D eigenvalue weighted by Crippen LogP contribution is -1.97. The van der Waals surface area contributed by atoms with E-state index in [2.05, 4.69) is 16.8 Å². The first-order valence-corrected chi connectivity index (χ1v) is 6.07. The Morgan fingerprint density at radius 3 is 2.70 bits per heavy atom. The van der Waals surface area contributed by atoms with Crippen LogP contribution < -0.4 is 14.2 Å². The van der Waals surface area contributed by atoms with Crippen LogP contribution in [-0.2, 0) is 0 Å². The first kappa shape index (κ1) is 13.8. The fraction of sp³-hybridized carbons (Fsp3) is 0.188. The molecule has 0 aliphatic heterocycles. The third-order valence-corrected chi connectivity index (χ3v) is 2.56. The second-order valence-electron chi connectivity index (χ2n) is 3.85. The van der Waals surface area contributed by atoms with Gasteiger partial charge in [-0.25, -0.2) is 0 Å². The molecule has 0 spiro atoms. The molecule has 0 unspecified atom stereocenters. The van der Waals surface area contributed by atoms with Crippen molar-refractivity contribution in [2.45, 2.75) is 0 Å². The minimum Gasteiger partial charge on any atom is -0.497 e. The van der Waals surface area contributed by atoms with Crippen molar-refractivity contribution in [3.05, 3.63) is 48.3 Å². The van der Waals surface area contributed by atoms with Crippen LogP contribution in [0.2, 0.25) is 0 Å². The normalized spacial score (nSPS) is 9.30. The Morgan fingerprint density at radius 2 is 2.00 bits per heavy atom. The fourth-order valence-corrected chi connectivity index (χ4v) is 1.59. The van der Waals surface area contributed by atoms with Crippen molar-refractivity contribution in [2.75, 3.05) is 20.8 Å². The van der Waals surface area contributed by atoms with Gasteiger partial charge in [0.15, 0.2) is 11.5 Å². The smallest absolute Gasteiger partial charge is 0.166 e. The number of nitrogens with zero attached hydrogens (tertiary/aromatic N) is 1. The third kappa shape index (κ3) is 3.66. The molecule has 2 aromatic rings. The maximum absolute atomic E-state index is 5.59. The molecule has 1 heterocycles. The van der Waals surface area contributed by atoms with Crippen LogP contribution in [-0.4, -0.2) is 25.8 Å². The monoisotopic (exact) mass is 269 g/mol. The third-order valence-electron chi connectivity index (χ3n) is 2.56. The largest absolute Gasteiger partial charge is 0.497 e. The van der Waals surface area contributed by atoms with E-state index in [0.717, 1.165) is 5.56 Å². The van der Waals surface area contributed by atoms with Gasteiger partial charge in [0.05, 0.1) is 14.2 Å². The first-order valence-electron chi connectivity index (χ1n) is 6.07. The summed E-state index contributed by atoms with van der Waals surface area (Å²) in [5.41, 5.74) is 0.855. The Labute approximate surface area is 118 Å². The molecule has 0 aliphatic rings. The average Bonchev–Trinajstić information content (AvgIpc) is 2.52. The highest BCUT2D eigenvalue weighted by Gasteiger charge is 2.05. The fourth-order valence-electron chi connectivity index (χ4n) is 1.59. The van der Waals surface area contributed by atoms with Gasteiger partial charge in [-0.15, -0.1) is 0 Å². The lowest BCUT2D eigenvalue weighted by molar-refractivity contribution is 0.326. The summed E-state index contributed by atoms with van der Waals surface area (Å²) in [6.07, 6.45) is 3.42. The molecule has 20 heavy (non-hydrogen) atoms. The van der Waals surface area contributed by atoms with Gasteiger partial charge in [-0.05, 0) is 24.3 Å². The zero-order valence-corrected chi connectivity index (χ0v) is 11.4. The second-order valence-corrected chi connectivity index (χ2v) is 3.85. The van der Waals surface area contributed by atoms with Gasteiger partial charge >= 0.3 is 0 Å². The van der Waals surface area contributed by atoms with Gasteiger partial charge in [-0.1, -0.05) is 11.8 Å². The Morgan fingerprint density at radius 1 is 1.10 bits per heavy atom. The highest BCUT2D eigenvalue weighted by Crippen LogP contribution is 2.30. The van der Waals surface area contributed by atoms with E-state index in [4.69, 9.17) is 14.2 Å². The number of aromatic nitrogens is 1. The van der Waals surface area contributed by atoms with E-state index in [9.17, 15) is 0 Å². The van der Waals surface area contributed by atoms with Crippen LogP contribution in [0.25, 0.3) is 0 Å². The molecule has 2 rings (SSSR count). The number of ether oxygens (including phenoxy) is 3. The number of methoxy groups -OCH3 is 2. The summed E-state index contributed by atoms with van der Waals surface area (Å²) in [7, 11) is 3.20. The molecule has 4 nitrogen and oxygen atoms in total. The zero-order chi connectivity index (χ0) is 14.2. The van der Waals surface area contributed by atoms with E-state index < -0.39 is 0 Å². The Kier molecular flexibility index (Phi) is 4.85. The van der Waals surface area contributed by atoms with Crippen LogP contribution in [0.4, 0.5) is 0 Å². The predicted octanol–water partition coefficient (Wildman–Crippen LogP) is 2.53. The summed E-state index contributed by atoms with van der Waals surface area (Å²) in [6.45, 7) is 0.262. The summed E-state index contributed by atoms with van der Waals surface area (Å²) in [5, 5.41) is 0. The van der Waals surface area contributed by atoms with E-state index in [1.165, 1.54) is 0 Å². The number of hydrogen-bond donors (Lipinski definition) is 0. The van der Waals surface area contributed by atoms with Gasteiger partial charge in [0.1, 0.15) is 12.4 Å². The molecular formula is C16H15NO3. The summed E-state index contributed by atoms with van der Waals surface area (Å²) in [4.78, 5) is 3.99. The Balaban J connectivity index is 2.02. The molecule has 0 radical (unpaired) electrons. The lowest BCUT2D eigenvalue weighted by atomic mass is 10.3. The molecule has 0 aliphatic carbocycles. The molecule has 0 fully saturated rings. The van der Waals surface area contributed by atoms with Gasteiger partial charge in [0.2, 0.25) is 0 Å². The number of hydrogen-bond acceptors (Lipinski definition) is 4. The molecule has 0 saturated carbocycles. The topological polar surface area (TPSA) is 40.6 Å². The maximum Gasteiger partial charge on any atom is 0.166 e. The van der Waals surface area contributed by atoms with Crippen LogP contribution in [0.15, 0.2) is 42.7 Å². The summed E-state index contributed by atoms with van der Waals surface area (Å²) >= 11 is 0. The van der Waals surface area contributed by atoms with E-state index in [1.54, 1.807) is 38.7 Å². The molecule has 1 aromatic carbocycles. The van der Waals surface area contributed by atoms with Gasteiger partial charge < -0.3 is 14.2 Å². The SMILES string of the molecule is COc1ccc(OC)c(OCC#Cc2cccnc2)c1. The molecule has 0 amide bonds. The molecule has 0 atom stereocenters. The van der Waals surface area contributed by atoms with Gasteiger partial charge in [-0.2, -0.15) is 0 Å². The van der Waals surface area contributed by atoms with Crippen molar-refractivity contribution in [3.8, 4) is 29.1 Å². The van der Waals surface area contributed by atoms with Gasteiger partial charge in [0.25, 0.3) is 0 Å². The van der Waals surface area contributed by atoms with Gasteiger partial charge in [0, 0.05) is 24.0 Å². The second kappa shape index (κ2) is 7.05. The first-order chi connectivity index (χ1) is 9.83. The van der Waals surface area contributed by atoms with Crippen LogP contribution in [0.3, 0.4) is 0 Å². The highest BCUT2D eigenvalue weighted by atomic mass is 16.5. The van der Waals surface area contributed by atoms with Crippen molar-refractivity contribution in [1.29, 1.82) is 0 Å². The standard InChI is InChI=1S/C16H15NO3/c1-18-14-7-8-15(19-2)16(11-14)20-10-4-6-13-5-3-9-17-12-13/h3,5,7-9,11-12H,10H2,1-2H3. The molecule has 4 heteroatoms. The summed E-state index contributed by atoms with van der Waals surface area (Å²) in [5.74, 6) is 7.86. The number of pyridine rings is 1. The summed E-state index contributed by atoms with van der Waals surface area (Å²) in [6, 6.07) is 9.11. The van der Waals surface area contributed by atoms with Crippen molar-refractivity contribution >= 4 is 0 Å². The molecular weight excluding hydrogens is 254 g/mol. The number of rotatable bonds is 4. The van der Waals surface area contributed by atoms with Crippen LogP contribution in [0.5, 0.6) is 17.2 Å². The lowest BCUT2D eigenvalue weighted by Gasteiger charge is -2.09. The highest BCUT2D eigenvalue weighted by molar-refractivity contribution is 5.45. The van der Waals surface area contributed by atoms with E-state index >= 15 is 0 Å².